The summed E-state index contributed by atoms with van der Waals surface area (Å²) in [4.78, 5) is 12.8. The molecule has 3 heterocycles. The van der Waals surface area contributed by atoms with E-state index in [0.29, 0.717) is 24.0 Å². The van der Waals surface area contributed by atoms with E-state index in [1.165, 1.54) is 8.61 Å². The molecular formula is C15H20N6O2S. The third-order valence-corrected chi connectivity index (χ3v) is 5.84. The Morgan fingerprint density at radius 3 is 2.75 bits per heavy atom. The monoisotopic (exact) mass is 348 g/mol. The Morgan fingerprint density at radius 1 is 1.21 bits per heavy atom. The molecule has 2 aromatic rings. The molecule has 0 aliphatic carbocycles. The zero-order valence-corrected chi connectivity index (χ0v) is 14.4. The highest BCUT2D eigenvalue weighted by Gasteiger charge is 2.37. The average Bonchev–Trinajstić information content (AvgIpc) is 3.06. The highest BCUT2D eigenvalue weighted by molar-refractivity contribution is 7.86. The minimum absolute atomic E-state index is 0.273. The van der Waals surface area contributed by atoms with Crippen LogP contribution in [-0.4, -0.2) is 52.6 Å². The van der Waals surface area contributed by atoms with Crippen molar-refractivity contribution in [1.29, 1.82) is 0 Å². The predicted molar refractivity (Wildman–Crippen MR) is 90.8 cm³/mol. The van der Waals surface area contributed by atoms with Crippen LogP contribution in [0.2, 0.25) is 0 Å². The minimum Gasteiger partial charge on any atom is -0.309 e. The minimum atomic E-state index is -3.47. The number of hydrogen-bond donors (Lipinski definition) is 1. The Hall–Kier alpha value is -2.10. The molecule has 1 aliphatic rings. The first-order valence-corrected chi connectivity index (χ1v) is 9.08. The molecule has 0 aromatic carbocycles. The fourth-order valence-corrected chi connectivity index (χ4v) is 4.01. The van der Waals surface area contributed by atoms with E-state index in [4.69, 9.17) is 0 Å². The van der Waals surface area contributed by atoms with Crippen LogP contribution in [0.25, 0.3) is 0 Å². The van der Waals surface area contributed by atoms with Gasteiger partial charge in [0.25, 0.3) is 10.2 Å². The van der Waals surface area contributed by atoms with Gasteiger partial charge in [-0.1, -0.05) is 6.07 Å². The maximum Gasteiger partial charge on any atom is 0.282 e. The van der Waals surface area contributed by atoms with Crippen LogP contribution in [0.15, 0.2) is 36.7 Å². The largest absolute Gasteiger partial charge is 0.309 e. The lowest BCUT2D eigenvalue weighted by molar-refractivity contribution is 0.358. The molecule has 1 aliphatic heterocycles. The summed E-state index contributed by atoms with van der Waals surface area (Å²) < 4.78 is 27.7. The Morgan fingerprint density at radius 2 is 2.04 bits per heavy atom. The van der Waals surface area contributed by atoms with Gasteiger partial charge in [-0.15, -0.1) is 0 Å². The number of pyridine rings is 1. The lowest BCUT2D eigenvalue weighted by Crippen LogP contribution is -2.39. The Labute approximate surface area is 141 Å². The van der Waals surface area contributed by atoms with Gasteiger partial charge in [0.15, 0.2) is 0 Å². The van der Waals surface area contributed by atoms with Crippen LogP contribution in [0, 0.1) is 0 Å². The van der Waals surface area contributed by atoms with E-state index in [1.807, 2.05) is 18.2 Å². The fraction of sp³-hybridized carbons (Fsp3) is 0.400. The first kappa shape index (κ1) is 16.7. The van der Waals surface area contributed by atoms with Gasteiger partial charge >= 0.3 is 0 Å². The van der Waals surface area contributed by atoms with Gasteiger partial charge < -0.3 is 5.32 Å². The summed E-state index contributed by atoms with van der Waals surface area (Å²) in [5.74, 6) is 1.04. The normalized spacial score (nSPS) is 18.9. The van der Waals surface area contributed by atoms with Gasteiger partial charge in [-0.3, -0.25) is 0 Å². The van der Waals surface area contributed by atoms with Crippen molar-refractivity contribution in [2.75, 3.05) is 26.0 Å². The number of nitrogens with zero attached hydrogens (tertiary/aromatic N) is 5. The van der Waals surface area contributed by atoms with Gasteiger partial charge in [-0.2, -0.15) is 17.0 Å². The van der Waals surface area contributed by atoms with E-state index >= 15 is 0 Å². The summed E-state index contributed by atoms with van der Waals surface area (Å²) in [6.45, 7) is 0.498. The molecule has 0 amide bonds. The van der Waals surface area contributed by atoms with Crippen molar-refractivity contribution in [2.24, 2.45) is 0 Å². The number of nitrogens with one attached hydrogen (secondary N) is 1. The summed E-state index contributed by atoms with van der Waals surface area (Å²) in [5, 5.41) is 3.03. The van der Waals surface area contributed by atoms with Crippen LogP contribution in [0.3, 0.4) is 0 Å². The molecule has 9 heteroatoms. The van der Waals surface area contributed by atoms with Gasteiger partial charge in [0.2, 0.25) is 5.95 Å². The molecule has 1 fully saturated rings. The molecule has 128 valence electrons. The average molecular weight is 348 g/mol. The van der Waals surface area contributed by atoms with Crippen molar-refractivity contribution in [3.8, 4) is 0 Å². The molecule has 3 rings (SSSR count). The van der Waals surface area contributed by atoms with Crippen molar-refractivity contribution in [1.82, 2.24) is 23.6 Å². The molecule has 0 radical (unpaired) electrons. The maximum atomic E-state index is 12.5. The second-order valence-corrected chi connectivity index (χ2v) is 7.80. The van der Waals surface area contributed by atoms with E-state index in [0.717, 1.165) is 12.8 Å². The smallest absolute Gasteiger partial charge is 0.282 e. The van der Waals surface area contributed by atoms with Gasteiger partial charge in [-0.25, -0.2) is 15.0 Å². The molecule has 0 spiro atoms. The van der Waals surface area contributed by atoms with Crippen LogP contribution in [0.1, 0.15) is 24.6 Å². The lowest BCUT2D eigenvalue weighted by Gasteiger charge is -2.26. The van der Waals surface area contributed by atoms with Gasteiger partial charge in [0.1, 0.15) is 5.82 Å². The van der Waals surface area contributed by atoms with Crippen LogP contribution < -0.4 is 5.32 Å². The van der Waals surface area contributed by atoms with Gasteiger partial charge in [-0.05, 0) is 31.0 Å². The molecule has 0 saturated carbocycles. The van der Waals surface area contributed by atoms with Gasteiger partial charge in [0, 0.05) is 33.0 Å². The van der Waals surface area contributed by atoms with Crippen molar-refractivity contribution in [2.45, 2.75) is 18.9 Å². The number of rotatable bonds is 5. The topological polar surface area (TPSA) is 91.3 Å². The van der Waals surface area contributed by atoms with Crippen molar-refractivity contribution < 1.29 is 8.42 Å². The third-order valence-electron chi connectivity index (χ3n) is 3.88. The van der Waals surface area contributed by atoms with E-state index in [1.54, 1.807) is 32.6 Å². The molecule has 8 nitrogen and oxygen atoms in total. The first-order valence-electron chi connectivity index (χ1n) is 7.69. The second-order valence-electron chi connectivity index (χ2n) is 5.70. The second kappa shape index (κ2) is 6.80. The fourth-order valence-electron chi connectivity index (χ4n) is 2.69. The van der Waals surface area contributed by atoms with E-state index in [9.17, 15) is 8.42 Å². The highest BCUT2D eigenvalue weighted by atomic mass is 32.2. The molecule has 1 N–H and O–H groups in total. The summed E-state index contributed by atoms with van der Waals surface area (Å²) in [6.07, 6.45) is 4.86. The SMILES string of the molecule is CN(C)S(=O)(=O)N1CCC[C@@H]1c1ccnc(Nc2ccccn2)n1. The van der Waals surface area contributed by atoms with Crippen molar-refractivity contribution >= 4 is 22.0 Å². The maximum absolute atomic E-state index is 12.5. The van der Waals surface area contributed by atoms with Crippen LogP contribution in [0.5, 0.6) is 0 Å². The first-order chi connectivity index (χ1) is 11.5. The molecule has 1 atom stereocenters. The third kappa shape index (κ3) is 3.37. The quantitative estimate of drug-likeness (QED) is 0.882. The predicted octanol–water partition coefficient (Wildman–Crippen LogP) is 1.56. The van der Waals surface area contributed by atoms with Crippen molar-refractivity contribution in [3.63, 3.8) is 0 Å². The Balaban J connectivity index is 1.85. The van der Waals surface area contributed by atoms with Crippen LogP contribution in [0.4, 0.5) is 11.8 Å². The summed E-state index contributed by atoms with van der Waals surface area (Å²) >= 11 is 0. The highest BCUT2D eigenvalue weighted by Crippen LogP contribution is 2.34. The standard InChI is InChI=1S/C15H20N6O2S/c1-20(2)24(22,23)21-11-5-6-13(21)12-8-10-17-15(18-12)19-14-7-3-4-9-16-14/h3-4,7-10,13H,5-6,11H2,1-2H3,(H,16,17,18,19)/t13-/m1/s1. The molecular weight excluding hydrogens is 328 g/mol. The van der Waals surface area contributed by atoms with Crippen molar-refractivity contribution in [3.05, 3.63) is 42.4 Å². The van der Waals surface area contributed by atoms with E-state index in [-0.39, 0.29) is 6.04 Å². The number of aromatic nitrogens is 3. The molecule has 2 aromatic heterocycles. The summed E-state index contributed by atoms with van der Waals surface area (Å²) in [5.41, 5.74) is 0.686. The summed E-state index contributed by atoms with van der Waals surface area (Å²) in [7, 11) is -0.391. The van der Waals surface area contributed by atoms with E-state index in [2.05, 4.69) is 20.3 Å². The number of hydrogen-bond acceptors (Lipinski definition) is 6. The molecule has 0 unspecified atom stereocenters. The summed E-state index contributed by atoms with van der Waals surface area (Å²) in [6, 6.07) is 6.99. The van der Waals surface area contributed by atoms with Crippen LogP contribution in [-0.2, 0) is 10.2 Å². The van der Waals surface area contributed by atoms with Gasteiger partial charge in [0.05, 0.1) is 11.7 Å². The Kier molecular flexibility index (Phi) is 4.74. The molecule has 24 heavy (non-hydrogen) atoms. The zero-order chi connectivity index (χ0) is 17.2. The molecule has 0 bridgehead atoms. The number of anilines is 2. The molecule has 1 saturated heterocycles. The zero-order valence-electron chi connectivity index (χ0n) is 13.6. The lowest BCUT2D eigenvalue weighted by atomic mass is 10.1. The van der Waals surface area contributed by atoms with Crippen LogP contribution >= 0.6 is 0 Å². The van der Waals surface area contributed by atoms with E-state index < -0.39 is 10.2 Å². The Bertz CT molecular complexity index is 797.